The van der Waals surface area contributed by atoms with Gasteiger partial charge in [0, 0.05) is 17.2 Å². The van der Waals surface area contributed by atoms with Crippen LogP contribution in [0.15, 0.2) is 45.6 Å². The average Bonchev–Trinajstić information content (AvgIpc) is 2.66. The average molecular weight is 427 g/mol. The largest absolute Gasteiger partial charge is 0.507 e. The molecule has 1 aliphatic heterocycles. The van der Waals surface area contributed by atoms with Crippen molar-refractivity contribution in [2.75, 3.05) is 0 Å². The molecule has 5 nitrogen and oxygen atoms in total. The third kappa shape index (κ3) is 3.59. The molecule has 0 aliphatic carbocycles. The second-order valence-corrected chi connectivity index (χ2v) is 8.56. The highest BCUT2D eigenvalue weighted by Crippen LogP contribution is 2.42. The Morgan fingerprint density at radius 3 is 2.67 bits per heavy atom. The van der Waals surface area contributed by atoms with Crippen LogP contribution in [0.1, 0.15) is 38.3 Å². The molecular weight excluding hydrogens is 404 g/mol. The van der Waals surface area contributed by atoms with Crippen LogP contribution in [-0.2, 0) is 6.42 Å². The predicted octanol–water partition coefficient (Wildman–Crippen LogP) is 5.32. The zero-order valence-electron chi connectivity index (χ0n) is 17.0. The van der Waals surface area contributed by atoms with Gasteiger partial charge in [-0.25, -0.2) is 0 Å². The van der Waals surface area contributed by atoms with Crippen LogP contribution >= 0.6 is 11.6 Å². The Hall–Kier alpha value is -2.76. The summed E-state index contributed by atoms with van der Waals surface area (Å²) in [5.41, 5.74) is 0.901. The van der Waals surface area contributed by atoms with Crippen LogP contribution in [0.3, 0.4) is 0 Å². The number of ether oxygens (including phenoxy) is 1. The molecule has 1 aromatic heterocycles. The fourth-order valence-electron chi connectivity index (χ4n) is 3.67. The van der Waals surface area contributed by atoms with Crippen molar-refractivity contribution in [1.82, 2.24) is 0 Å². The van der Waals surface area contributed by atoms with E-state index in [9.17, 15) is 15.0 Å². The van der Waals surface area contributed by atoms with E-state index in [0.717, 1.165) is 0 Å². The SMILES string of the molecule is CC(O)CCc1c(-c2ccccc2Cl)oc2c3c(cc(O)c2c1=O)OC(C)(C)C=C3. The van der Waals surface area contributed by atoms with Gasteiger partial charge >= 0.3 is 0 Å². The summed E-state index contributed by atoms with van der Waals surface area (Å²) in [6.45, 7) is 5.46. The molecule has 0 saturated carbocycles. The van der Waals surface area contributed by atoms with Crippen LogP contribution in [0.4, 0.5) is 0 Å². The zero-order valence-corrected chi connectivity index (χ0v) is 17.8. The number of aliphatic hydroxyl groups excluding tert-OH is 1. The molecule has 156 valence electrons. The van der Waals surface area contributed by atoms with E-state index in [1.54, 1.807) is 25.1 Å². The molecule has 2 heterocycles. The van der Waals surface area contributed by atoms with Gasteiger partial charge in [-0.15, -0.1) is 0 Å². The van der Waals surface area contributed by atoms with Crippen LogP contribution in [-0.4, -0.2) is 21.9 Å². The maximum absolute atomic E-state index is 13.5. The highest BCUT2D eigenvalue weighted by Gasteiger charge is 2.28. The van der Waals surface area contributed by atoms with E-state index in [2.05, 4.69) is 0 Å². The van der Waals surface area contributed by atoms with E-state index in [4.69, 9.17) is 20.8 Å². The second kappa shape index (κ2) is 7.49. The standard InChI is InChI=1S/C24H23ClO5/c1-13(26)8-9-16-21(28)20-18(27)12-19-15(10-11-24(2,3)30-19)23(20)29-22(16)14-6-4-5-7-17(14)25/h4-7,10-13,26-27H,8-9H2,1-3H3. The van der Waals surface area contributed by atoms with E-state index < -0.39 is 11.7 Å². The molecule has 2 N–H and O–H groups in total. The van der Waals surface area contributed by atoms with Crippen molar-refractivity contribution < 1.29 is 19.4 Å². The Morgan fingerprint density at radius 2 is 1.97 bits per heavy atom. The number of halogens is 1. The quantitative estimate of drug-likeness (QED) is 0.590. The summed E-state index contributed by atoms with van der Waals surface area (Å²) in [5.74, 6) is 0.579. The number of hydrogen-bond acceptors (Lipinski definition) is 5. The van der Waals surface area contributed by atoms with Crippen LogP contribution in [0.25, 0.3) is 28.4 Å². The van der Waals surface area contributed by atoms with Crippen molar-refractivity contribution in [1.29, 1.82) is 0 Å². The van der Waals surface area contributed by atoms with E-state index in [1.165, 1.54) is 6.07 Å². The van der Waals surface area contributed by atoms with Gasteiger partial charge in [0.15, 0.2) is 11.0 Å². The maximum atomic E-state index is 13.5. The molecule has 0 spiro atoms. The molecule has 0 bridgehead atoms. The Labute approximate surface area is 179 Å². The fourth-order valence-corrected chi connectivity index (χ4v) is 3.89. The predicted molar refractivity (Wildman–Crippen MR) is 118 cm³/mol. The summed E-state index contributed by atoms with van der Waals surface area (Å²) >= 11 is 6.41. The van der Waals surface area contributed by atoms with Gasteiger partial charge in [-0.2, -0.15) is 0 Å². The molecule has 1 atom stereocenters. The topological polar surface area (TPSA) is 79.9 Å². The lowest BCUT2D eigenvalue weighted by Gasteiger charge is -2.28. The monoisotopic (exact) mass is 426 g/mol. The Bertz CT molecular complexity index is 1220. The Balaban J connectivity index is 2.07. The zero-order chi connectivity index (χ0) is 21.6. The molecule has 3 aromatic rings. The second-order valence-electron chi connectivity index (χ2n) is 8.16. The molecular formula is C24H23ClO5. The summed E-state index contributed by atoms with van der Waals surface area (Å²) in [6, 6.07) is 8.57. The minimum absolute atomic E-state index is 0.0955. The van der Waals surface area contributed by atoms with E-state index in [0.29, 0.717) is 39.6 Å². The van der Waals surface area contributed by atoms with Gasteiger partial charge in [0.2, 0.25) is 0 Å². The van der Waals surface area contributed by atoms with E-state index >= 15 is 0 Å². The van der Waals surface area contributed by atoms with Crippen molar-refractivity contribution in [2.45, 2.75) is 45.3 Å². The molecule has 0 saturated heterocycles. The number of aliphatic hydroxyl groups is 1. The first-order valence-electron chi connectivity index (χ1n) is 9.85. The smallest absolute Gasteiger partial charge is 0.200 e. The summed E-state index contributed by atoms with van der Waals surface area (Å²) in [7, 11) is 0. The van der Waals surface area contributed by atoms with Gasteiger partial charge in [-0.1, -0.05) is 23.7 Å². The highest BCUT2D eigenvalue weighted by molar-refractivity contribution is 6.33. The fraction of sp³-hybridized carbons (Fsp3) is 0.292. The van der Waals surface area contributed by atoms with Gasteiger partial charge in [0.25, 0.3) is 0 Å². The van der Waals surface area contributed by atoms with Crippen molar-refractivity contribution >= 4 is 28.6 Å². The van der Waals surface area contributed by atoms with Gasteiger partial charge in [-0.3, -0.25) is 4.79 Å². The molecule has 0 radical (unpaired) electrons. The number of benzene rings is 2. The number of hydrogen-bond donors (Lipinski definition) is 2. The molecule has 30 heavy (non-hydrogen) atoms. The minimum Gasteiger partial charge on any atom is -0.507 e. The maximum Gasteiger partial charge on any atom is 0.200 e. The summed E-state index contributed by atoms with van der Waals surface area (Å²) in [5, 5.41) is 21.0. The van der Waals surface area contributed by atoms with Gasteiger partial charge in [0.05, 0.1) is 16.7 Å². The van der Waals surface area contributed by atoms with E-state index in [-0.39, 0.29) is 28.6 Å². The third-order valence-corrected chi connectivity index (χ3v) is 5.53. The minimum atomic E-state index is -0.588. The number of phenols is 1. The molecule has 0 amide bonds. The first kappa shape index (κ1) is 20.5. The van der Waals surface area contributed by atoms with Crippen LogP contribution in [0.2, 0.25) is 5.02 Å². The Kier molecular flexibility index (Phi) is 5.12. The molecule has 0 fully saturated rings. The van der Waals surface area contributed by atoms with Crippen molar-refractivity contribution in [3.8, 4) is 22.8 Å². The number of rotatable bonds is 4. The Morgan fingerprint density at radius 1 is 1.23 bits per heavy atom. The number of aromatic hydroxyl groups is 1. The van der Waals surface area contributed by atoms with E-state index in [1.807, 2.05) is 32.1 Å². The normalized spacial score (nSPS) is 15.6. The van der Waals surface area contributed by atoms with Crippen molar-refractivity contribution in [2.24, 2.45) is 0 Å². The lowest BCUT2D eigenvalue weighted by Crippen LogP contribution is -2.27. The lowest BCUT2D eigenvalue weighted by molar-refractivity contribution is 0.158. The molecule has 1 aliphatic rings. The first-order valence-corrected chi connectivity index (χ1v) is 10.2. The van der Waals surface area contributed by atoms with Crippen LogP contribution in [0.5, 0.6) is 11.5 Å². The first-order chi connectivity index (χ1) is 14.2. The van der Waals surface area contributed by atoms with Gasteiger partial charge in [0.1, 0.15) is 28.2 Å². The van der Waals surface area contributed by atoms with Crippen LogP contribution < -0.4 is 10.2 Å². The molecule has 1 unspecified atom stereocenters. The van der Waals surface area contributed by atoms with Crippen LogP contribution in [0, 0.1) is 0 Å². The van der Waals surface area contributed by atoms with Gasteiger partial charge < -0.3 is 19.4 Å². The van der Waals surface area contributed by atoms with Gasteiger partial charge in [-0.05, 0) is 57.9 Å². The molecule has 2 aromatic carbocycles. The van der Waals surface area contributed by atoms with Crippen molar-refractivity contribution in [3.05, 3.63) is 62.8 Å². The highest BCUT2D eigenvalue weighted by atomic mass is 35.5. The summed E-state index contributed by atoms with van der Waals surface area (Å²) in [6.07, 6.45) is 3.79. The molecule has 4 rings (SSSR count). The number of phenolic OH excluding ortho intramolecular Hbond substituents is 1. The summed E-state index contributed by atoms with van der Waals surface area (Å²) < 4.78 is 12.2. The lowest BCUT2D eigenvalue weighted by atomic mass is 9.96. The third-order valence-electron chi connectivity index (χ3n) is 5.20. The molecule has 6 heteroatoms. The number of fused-ring (bicyclic) bond motifs is 3. The summed E-state index contributed by atoms with van der Waals surface area (Å²) in [4.78, 5) is 13.5. The van der Waals surface area contributed by atoms with Crippen molar-refractivity contribution in [3.63, 3.8) is 0 Å².